The van der Waals surface area contributed by atoms with E-state index in [9.17, 15) is 21.6 Å². The van der Waals surface area contributed by atoms with Crippen molar-refractivity contribution in [1.82, 2.24) is 9.44 Å². The average Bonchev–Trinajstić information content (AvgIpc) is 3.25. The van der Waals surface area contributed by atoms with E-state index >= 15 is 0 Å². The summed E-state index contributed by atoms with van der Waals surface area (Å²) in [5.41, 5.74) is -0.140. The van der Waals surface area contributed by atoms with Gasteiger partial charge in [-0.2, -0.15) is 0 Å². The molecule has 31 heavy (non-hydrogen) atoms. The van der Waals surface area contributed by atoms with Crippen molar-refractivity contribution in [3.8, 4) is 11.5 Å². The van der Waals surface area contributed by atoms with Gasteiger partial charge in [0.15, 0.2) is 0 Å². The maximum atomic E-state index is 12.9. The van der Waals surface area contributed by atoms with E-state index < -0.39 is 26.0 Å². The molecule has 0 unspecified atom stereocenters. The topological polar surface area (TPSA) is 128 Å². The van der Waals surface area contributed by atoms with Gasteiger partial charge < -0.3 is 9.47 Å². The Balaban J connectivity index is 1.88. The largest absolute Gasteiger partial charge is 0.497 e. The van der Waals surface area contributed by atoms with Crippen molar-refractivity contribution in [2.24, 2.45) is 0 Å². The molecule has 0 aromatic heterocycles. The lowest BCUT2D eigenvalue weighted by atomic mass is 10.2. The van der Waals surface area contributed by atoms with Crippen molar-refractivity contribution < 1.29 is 31.1 Å². The van der Waals surface area contributed by atoms with E-state index in [1.165, 1.54) is 44.6 Å². The van der Waals surface area contributed by atoms with Crippen LogP contribution < -0.4 is 18.9 Å². The van der Waals surface area contributed by atoms with Crippen LogP contribution in [0.5, 0.6) is 11.5 Å². The smallest absolute Gasteiger partial charge is 0.265 e. The number of ether oxygens (including phenoxy) is 2. The van der Waals surface area contributed by atoms with E-state index in [4.69, 9.17) is 9.47 Å². The van der Waals surface area contributed by atoms with Crippen LogP contribution in [0.15, 0.2) is 52.3 Å². The zero-order chi connectivity index (χ0) is 22.6. The summed E-state index contributed by atoms with van der Waals surface area (Å²) in [5.74, 6) is -0.605. The van der Waals surface area contributed by atoms with Crippen molar-refractivity contribution in [2.45, 2.75) is 41.5 Å². The third kappa shape index (κ3) is 5.35. The Morgan fingerprint density at radius 2 is 1.65 bits per heavy atom. The Morgan fingerprint density at radius 1 is 0.935 bits per heavy atom. The number of nitrogens with one attached hydrogen (secondary N) is 2. The fourth-order valence-electron chi connectivity index (χ4n) is 3.36. The number of hydrogen-bond acceptors (Lipinski definition) is 7. The third-order valence-corrected chi connectivity index (χ3v) is 7.84. The minimum Gasteiger partial charge on any atom is -0.497 e. The summed E-state index contributed by atoms with van der Waals surface area (Å²) in [6.45, 7) is 0. The Kier molecular flexibility index (Phi) is 6.87. The molecule has 11 heteroatoms. The summed E-state index contributed by atoms with van der Waals surface area (Å²) in [7, 11) is -5.46. The number of sulfonamides is 2. The van der Waals surface area contributed by atoms with Gasteiger partial charge in [0.25, 0.3) is 15.9 Å². The van der Waals surface area contributed by atoms with Gasteiger partial charge in [-0.3, -0.25) is 4.79 Å². The first kappa shape index (κ1) is 23.0. The summed E-state index contributed by atoms with van der Waals surface area (Å²) in [5, 5.41) is 0. The maximum Gasteiger partial charge on any atom is 0.265 e. The molecule has 1 aliphatic carbocycles. The van der Waals surface area contributed by atoms with E-state index in [0.29, 0.717) is 5.75 Å². The Bertz CT molecular complexity index is 1170. The summed E-state index contributed by atoms with van der Waals surface area (Å²) in [6, 6.07) is 9.16. The van der Waals surface area contributed by atoms with Crippen molar-refractivity contribution in [1.29, 1.82) is 0 Å². The van der Waals surface area contributed by atoms with Crippen molar-refractivity contribution in [2.75, 3.05) is 14.2 Å². The molecule has 9 nitrogen and oxygen atoms in total. The Labute approximate surface area is 181 Å². The zero-order valence-corrected chi connectivity index (χ0v) is 18.8. The SMILES string of the molecule is COc1cccc(S(=O)(=O)NC(=O)c2ccc(OC)c(S(=O)(=O)NC3CCCC3)c2)c1. The highest BCUT2D eigenvalue weighted by Crippen LogP contribution is 2.27. The molecule has 0 aliphatic heterocycles. The van der Waals surface area contributed by atoms with Crippen LogP contribution in [0.1, 0.15) is 36.0 Å². The first-order valence-corrected chi connectivity index (χ1v) is 12.5. The molecule has 168 valence electrons. The molecule has 0 radical (unpaired) electrons. The highest BCUT2D eigenvalue weighted by Gasteiger charge is 2.27. The van der Waals surface area contributed by atoms with Crippen LogP contribution >= 0.6 is 0 Å². The van der Waals surface area contributed by atoms with Gasteiger partial charge >= 0.3 is 0 Å². The normalized spacial score (nSPS) is 14.9. The Morgan fingerprint density at radius 3 is 2.29 bits per heavy atom. The number of amides is 1. The van der Waals surface area contributed by atoms with Gasteiger partial charge in [0.1, 0.15) is 16.4 Å². The number of methoxy groups -OCH3 is 2. The highest BCUT2D eigenvalue weighted by molar-refractivity contribution is 7.90. The molecular formula is C20H24N2O7S2. The first-order valence-electron chi connectivity index (χ1n) is 9.58. The predicted molar refractivity (Wildman–Crippen MR) is 113 cm³/mol. The second-order valence-electron chi connectivity index (χ2n) is 7.08. The fraction of sp³-hybridized carbons (Fsp3) is 0.350. The molecule has 1 aliphatic rings. The van der Waals surface area contributed by atoms with Crippen molar-refractivity contribution >= 4 is 26.0 Å². The molecule has 0 bridgehead atoms. The van der Waals surface area contributed by atoms with E-state index in [2.05, 4.69) is 4.72 Å². The second-order valence-corrected chi connectivity index (χ2v) is 10.4. The molecule has 2 aromatic rings. The lowest BCUT2D eigenvalue weighted by Crippen LogP contribution is -2.33. The summed E-state index contributed by atoms with van der Waals surface area (Å²) in [6.07, 6.45) is 3.35. The molecule has 2 aromatic carbocycles. The molecule has 0 saturated heterocycles. The molecule has 0 heterocycles. The summed E-state index contributed by atoms with van der Waals surface area (Å²) >= 11 is 0. The quantitative estimate of drug-likeness (QED) is 0.607. The van der Waals surface area contributed by atoms with Gasteiger partial charge in [-0.1, -0.05) is 18.9 Å². The van der Waals surface area contributed by atoms with E-state index in [0.717, 1.165) is 31.7 Å². The highest BCUT2D eigenvalue weighted by atomic mass is 32.2. The molecule has 0 atom stereocenters. The van der Waals surface area contributed by atoms with Crippen LogP contribution in [-0.4, -0.2) is 43.0 Å². The van der Waals surface area contributed by atoms with Gasteiger partial charge in [0.2, 0.25) is 10.0 Å². The number of hydrogen-bond donors (Lipinski definition) is 2. The first-order chi connectivity index (χ1) is 14.7. The maximum absolute atomic E-state index is 12.9. The third-order valence-electron chi connectivity index (χ3n) is 4.97. The van der Waals surface area contributed by atoms with Crippen LogP contribution in [0.3, 0.4) is 0 Å². The van der Waals surface area contributed by atoms with Gasteiger partial charge in [-0.15, -0.1) is 0 Å². The molecule has 1 fully saturated rings. The minimum atomic E-state index is -4.20. The van der Waals surface area contributed by atoms with E-state index in [-0.39, 0.29) is 27.1 Å². The van der Waals surface area contributed by atoms with Crippen molar-refractivity contribution in [3.63, 3.8) is 0 Å². The molecular weight excluding hydrogens is 444 g/mol. The second kappa shape index (κ2) is 9.25. The standard InChI is InChI=1S/C20H24N2O7S2/c1-28-16-8-5-9-17(13-16)30(24,25)22-20(23)14-10-11-18(29-2)19(12-14)31(26,27)21-15-6-3-4-7-15/h5,8-13,15,21H,3-4,6-7H2,1-2H3,(H,22,23). The van der Waals surface area contributed by atoms with Crippen LogP contribution in [0.4, 0.5) is 0 Å². The Hall–Kier alpha value is -2.63. The molecule has 1 saturated carbocycles. The molecule has 2 N–H and O–H groups in total. The lowest BCUT2D eigenvalue weighted by molar-refractivity contribution is 0.0981. The van der Waals surface area contributed by atoms with Crippen LogP contribution in [0.25, 0.3) is 0 Å². The summed E-state index contributed by atoms with van der Waals surface area (Å²) < 4.78 is 65.6. The van der Waals surface area contributed by atoms with Gasteiger partial charge in [-0.05, 0) is 43.2 Å². The van der Waals surface area contributed by atoms with Crippen LogP contribution in [-0.2, 0) is 20.0 Å². The summed E-state index contributed by atoms with van der Waals surface area (Å²) in [4.78, 5) is 12.2. The number of benzene rings is 2. The lowest BCUT2D eigenvalue weighted by Gasteiger charge is -2.16. The number of rotatable bonds is 8. The van der Waals surface area contributed by atoms with Gasteiger partial charge in [-0.25, -0.2) is 26.3 Å². The van der Waals surface area contributed by atoms with E-state index in [1.807, 2.05) is 4.72 Å². The fourth-order valence-corrected chi connectivity index (χ4v) is 5.87. The van der Waals surface area contributed by atoms with Crippen molar-refractivity contribution in [3.05, 3.63) is 48.0 Å². The number of carbonyl (C=O) groups excluding carboxylic acids is 1. The van der Waals surface area contributed by atoms with Gasteiger partial charge in [0, 0.05) is 17.7 Å². The van der Waals surface area contributed by atoms with E-state index in [1.54, 1.807) is 6.07 Å². The van der Waals surface area contributed by atoms with Crippen LogP contribution in [0.2, 0.25) is 0 Å². The minimum absolute atomic E-state index is 0.0534. The average molecular weight is 469 g/mol. The number of carbonyl (C=O) groups is 1. The molecule has 3 rings (SSSR count). The van der Waals surface area contributed by atoms with Crippen LogP contribution in [0, 0.1) is 0 Å². The molecule has 1 amide bonds. The monoisotopic (exact) mass is 468 g/mol. The van der Waals surface area contributed by atoms with Gasteiger partial charge in [0.05, 0.1) is 19.1 Å². The molecule has 0 spiro atoms. The zero-order valence-electron chi connectivity index (χ0n) is 17.1. The predicted octanol–water partition coefficient (Wildman–Crippen LogP) is 2.04.